The van der Waals surface area contributed by atoms with E-state index in [0.29, 0.717) is 25.3 Å². The van der Waals surface area contributed by atoms with Crippen molar-refractivity contribution in [2.24, 2.45) is 22.4 Å². The van der Waals surface area contributed by atoms with E-state index >= 15 is 0 Å². The van der Waals surface area contributed by atoms with Crippen LogP contribution in [0.15, 0.2) is 47.1 Å². The second kappa shape index (κ2) is 9.60. The lowest BCUT2D eigenvalue weighted by Gasteiger charge is -2.31. The van der Waals surface area contributed by atoms with Crippen molar-refractivity contribution in [1.29, 1.82) is 0 Å². The van der Waals surface area contributed by atoms with Gasteiger partial charge >= 0.3 is 6.09 Å². The van der Waals surface area contributed by atoms with Crippen molar-refractivity contribution < 1.29 is 14.3 Å². The maximum Gasteiger partial charge on any atom is 0.410 e. The molecule has 1 aromatic carbocycles. The van der Waals surface area contributed by atoms with Gasteiger partial charge in [-0.1, -0.05) is 30.3 Å². The minimum atomic E-state index is -0.594. The van der Waals surface area contributed by atoms with Gasteiger partial charge in [0.2, 0.25) is 0 Å². The molecule has 0 radical (unpaired) electrons. The van der Waals surface area contributed by atoms with Crippen LogP contribution in [-0.4, -0.2) is 42.2 Å². The summed E-state index contributed by atoms with van der Waals surface area (Å²) < 4.78 is 5.39. The van der Waals surface area contributed by atoms with E-state index < -0.39 is 5.91 Å². The van der Waals surface area contributed by atoms with E-state index in [4.69, 9.17) is 16.2 Å². The van der Waals surface area contributed by atoms with Gasteiger partial charge in [-0.25, -0.2) is 4.79 Å². The zero-order valence-corrected chi connectivity index (χ0v) is 15.1. The second-order valence-corrected chi connectivity index (χ2v) is 6.37. The summed E-state index contributed by atoms with van der Waals surface area (Å²) in [6.07, 6.45) is 2.74. The number of aliphatic imine (C=N–C) groups is 1. The summed E-state index contributed by atoms with van der Waals surface area (Å²) in [5.74, 6) is -0.376. The molecule has 0 bridgehead atoms. The van der Waals surface area contributed by atoms with Crippen LogP contribution in [0.4, 0.5) is 4.79 Å². The number of rotatable bonds is 6. The first-order chi connectivity index (χ1) is 12.5. The average Bonchev–Trinajstić information content (AvgIpc) is 2.65. The third kappa shape index (κ3) is 5.61. The van der Waals surface area contributed by atoms with Gasteiger partial charge in [0.25, 0.3) is 5.91 Å². The van der Waals surface area contributed by atoms with E-state index in [1.165, 1.54) is 6.20 Å². The third-order valence-corrected chi connectivity index (χ3v) is 4.39. The third-order valence-electron chi connectivity index (χ3n) is 4.39. The van der Waals surface area contributed by atoms with Crippen molar-refractivity contribution in [2.45, 2.75) is 26.4 Å². The minimum absolute atomic E-state index is 0.217. The molecule has 1 aromatic rings. The van der Waals surface area contributed by atoms with Crippen LogP contribution in [0, 0.1) is 5.92 Å². The lowest BCUT2D eigenvalue weighted by molar-refractivity contribution is -0.114. The summed E-state index contributed by atoms with van der Waals surface area (Å²) >= 11 is 0. The molecule has 26 heavy (non-hydrogen) atoms. The molecule has 2 rings (SSSR count). The molecule has 0 spiro atoms. The van der Waals surface area contributed by atoms with Crippen LogP contribution in [0.3, 0.4) is 0 Å². The molecule has 1 fully saturated rings. The van der Waals surface area contributed by atoms with E-state index in [9.17, 15) is 9.59 Å². The second-order valence-electron chi connectivity index (χ2n) is 6.37. The van der Waals surface area contributed by atoms with Crippen LogP contribution in [-0.2, 0) is 16.1 Å². The van der Waals surface area contributed by atoms with Gasteiger partial charge in [-0.05, 0) is 31.2 Å². The van der Waals surface area contributed by atoms with Gasteiger partial charge in [-0.2, -0.15) is 0 Å². The first-order valence-electron chi connectivity index (χ1n) is 8.70. The fraction of sp³-hybridized carbons (Fsp3) is 0.421. The van der Waals surface area contributed by atoms with Crippen molar-refractivity contribution in [3.05, 3.63) is 47.7 Å². The Kier molecular flexibility index (Phi) is 7.20. The van der Waals surface area contributed by atoms with Crippen LogP contribution in [0.2, 0.25) is 0 Å². The molecule has 7 nitrogen and oxygen atoms in total. The van der Waals surface area contributed by atoms with Crippen molar-refractivity contribution >= 4 is 17.7 Å². The van der Waals surface area contributed by atoms with Gasteiger partial charge in [-0.3, -0.25) is 9.79 Å². The van der Waals surface area contributed by atoms with E-state index in [1.807, 2.05) is 30.3 Å². The Labute approximate surface area is 153 Å². The van der Waals surface area contributed by atoms with Crippen molar-refractivity contribution in [2.75, 3.05) is 19.6 Å². The number of piperidine rings is 1. The van der Waals surface area contributed by atoms with Gasteiger partial charge in [0, 0.05) is 31.5 Å². The van der Waals surface area contributed by atoms with Crippen molar-refractivity contribution in [3.8, 4) is 0 Å². The fourth-order valence-corrected chi connectivity index (χ4v) is 2.92. The van der Waals surface area contributed by atoms with Gasteiger partial charge in [0.05, 0.1) is 5.57 Å². The summed E-state index contributed by atoms with van der Waals surface area (Å²) in [7, 11) is 0. The zero-order valence-electron chi connectivity index (χ0n) is 15.1. The lowest BCUT2D eigenvalue weighted by atomic mass is 9.98. The maximum atomic E-state index is 12.3. The molecule has 0 aliphatic carbocycles. The van der Waals surface area contributed by atoms with Gasteiger partial charge < -0.3 is 21.1 Å². The molecule has 7 heteroatoms. The number of carbonyl (C=O) groups is 2. The van der Waals surface area contributed by atoms with Crippen molar-refractivity contribution in [1.82, 2.24) is 4.90 Å². The Balaban J connectivity index is 1.86. The predicted molar refractivity (Wildman–Crippen MR) is 100 cm³/mol. The van der Waals surface area contributed by atoms with E-state index in [0.717, 1.165) is 18.4 Å². The van der Waals surface area contributed by atoms with Crippen LogP contribution >= 0.6 is 0 Å². The Hall–Kier alpha value is -2.83. The number of nitrogens with two attached hydrogens (primary N) is 2. The van der Waals surface area contributed by atoms with Gasteiger partial charge in [0.15, 0.2) is 0 Å². The molecular weight excluding hydrogens is 332 g/mol. The SMILES string of the molecule is CC(=NCC1CCCN(C(=O)OCc2ccccc2)C1)C(=CN)C(N)=O. The quantitative estimate of drug-likeness (QED) is 0.597. The van der Waals surface area contributed by atoms with Crippen LogP contribution in [0.5, 0.6) is 0 Å². The number of amides is 2. The Bertz CT molecular complexity index is 685. The highest BCUT2D eigenvalue weighted by atomic mass is 16.6. The molecule has 2 amide bonds. The monoisotopic (exact) mass is 358 g/mol. The molecule has 1 heterocycles. The highest BCUT2D eigenvalue weighted by molar-refractivity contribution is 6.20. The number of nitrogens with zero attached hydrogens (tertiary/aromatic N) is 2. The number of benzene rings is 1. The number of primary amides is 1. The minimum Gasteiger partial charge on any atom is -0.445 e. The Morgan fingerprint density at radius 1 is 1.35 bits per heavy atom. The van der Waals surface area contributed by atoms with E-state index in [-0.39, 0.29) is 24.2 Å². The normalized spacial score (nSPS) is 18.5. The molecule has 0 aromatic heterocycles. The van der Waals surface area contributed by atoms with Gasteiger partial charge in [0.1, 0.15) is 6.61 Å². The van der Waals surface area contributed by atoms with Crippen molar-refractivity contribution in [3.63, 3.8) is 0 Å². The average molecular weight is 358 g/mol. The molecule has 0 saturated carbocycles. The topological polar surface area (TPSA) is 111 Å². The largest absolute Gasteiger partial charge is 0.445 e. The summed E-state index contributed by atoms with van der Waals surface area (Å²) in [6, 6.07) is 9.59. The standard InChI is InChI=1S/C19H26N4O3/c1-14(17(10-20)18(21)24)22-11-16-8-5-9-23(12-16)19(25)26-13-15-6-3-2-4-7-15/h2-4,6-7,10,16H,5,8-9,11-13,20H2,1H3,(H2,21,24). The molecule has 140 valence electrons. The zero-order chi connectivity index (χ0) is 18.9. The molecule has 1 saturated heterocycles. The number of likely N-dealkylation sites (tertiary alicyclic amines) is 1. The first kappa shape index (κ1) is 19.5. The molecule has 1 aliphatic rings. The van der Waals surface area contributed by atoms with Gasteiger partial charge in [-0.15, -0.1) is 0 Å². The molecule has 1 unspecified atom stereocenters. The number of ether oxygens (including phenoxy) is 1. The molecule has 4 N–H and O–H groups in total. The Morgan fingerprint density at radius 3 is 2.73 bits per heavy atom. The summed E-state index contributed by atoms with van der Waals surface area (Å²) in [4.78, 5) is 29.7. The van der Waals surface area contributed by atoms with E-state index in [2.05, 4.69) is 4.99 Å². The molecular formula is C19H26N4O3. The van der Waals surface area contributed by atoms with Crippen LogP contribution < -0.4 is 11.5 Å². The Morgan fingerprint density at radius 2 is 2.08 bits per heavy atom. The first-order valence-corrected chi connectivity index (χ1v) is 8.70. The summed E-state index contributed by atoms with van der Waals surface area (Å²) in [5.41, 5.74) is 12.4. The summed E-state index contributed by atoms with van der Waals surface area (Å²) in [6.45, 7) is 3.75. The highest BCUT2D eigenvalue weighted by Gasteiger charge is 2.24. The smallest absolute Gasteiger partial charge is 0.410 e. The maximum absolute atomic E-state index is 12.3. The van der Waals surface area contributed by atoms with E-state index in [1.54, 1.807) is 11.8 Å². The molecule has 1 aliphatic heterocycles. The number of hydrogen-bond donors (Lipinski definition) is 2. The highest BCUT2D eigenvalue weighted by Crippen LogP contribution is 2.18. The van der Waals surface area contributed by atoms with Crippen LogP contribution in [0.25, 0.3) is 0 Å². The number of carbonyl (C=O) groups excluding carboxylic acids is 2. The lowest BCUT2D eigenvalue weighted by Crippen LogP contribution is -2.41. The summed E-state index contributed by atoms with van der Waals surface area (Å²) in [5, 5.41) is 0. The van der Waals surface area contributed by atoms with Crippen LogP contribution in [0.1, 0.15) is 25.3 Å². The molecule has 1 atom stereocenters. The predicted octanol–water partition coefficient (Wildman–Crippen LogP) is 1.82. The fourth-order valence-electron chi connectivity index (χ4n) is 2.92. The number of hydrogen-bond acceptors (Lipinski definition) is 5.